The van der Waals surface area contributed by atoms with E-state index in [-0.39, 0.29) is 15.1 Å². The van der Waals surface area contributed by atoms with E-state index in [1.54, 1.807) is 24.3 Å². The number of carbonyl (C=O) groups excluding carboxylic acids is 3. The fourth-order valence-electron chi connectivity index (χ4n) is 5.58. The molecule has 232 valence electrons. The maximum Gasteiger partial charge on any atom is 0.418 e. The molecule has 8 nitrogen and oxygen atoms in total. The number of imide groups is 1. The van der Waals surface area contributed by atoms with Crippen molar-refractivity contribution in [1.82, 2.24) is 4.57 Å². The van der Waals surface area contributed by atoms with Crippen molar-refractivity contribution in [3.8, 4) is 5.75 Å². The van der Waals surface area contributed by atoms with Crippen LogP contribution in [0.3, 0.4) is 0 Å². The second kappa shape index (κ2) is 11.9. The van der Waals surface area contributed by atoms with Gasteiger partial charge in [0.1, 0.15) is 17.5 Å². The molecule has 1 fully saturated rings. The first-order chi connectivity index (χ1) is 21.4. The van der Waals surface area contributed by atoms with Crippen LogP contribution in [-0.4, -0.2) is 34.6 Å². The predicted octanol–water partition coefficient (Wildman–Crippen LogP) is 6.68. The van der Waals surface area contributed by atoms with Gasteiger partial charge in [-0.3, -0.25) is 23.7 Å². The highest BCUT2D eigenvalue weighted by Crippen LogP contribution is 2.55. The minimum Gasteiger partial charge on any atom is -0.496 e. The minimum atomic E-state index is -4.83. The largest absolute Gasteiger partial charge is 0.496 e. The molecule has 3 aromatic carbocycles. The van der Waals surface area contributed by atoms with E-state index in [0.29, 0.717) is 26.8 Å². The molecular formula is C30H20Cl2F3N3O5S2. The molecule has 0 bridgehead atoms. The van der Waals surface area contributed by atoms with Crippen LogP contribution in [0.15, 0.2) is 76.6 Å². The number of carbonyl (C=O) groups is 3. The van der Waals surface area contributed by atoms with E-state index in [0.717, 1.165) is 35.2 Å². The Balaban J connectivity index is 1.45. The van der Waals surface area contributed by atoms with Gasteiger partial charge in [-0.2, -0.15) is 13.2 Å². The number of hydrogen-bond donors (Lipinski definition) is 1. The number of thioether (sulfide) groups is 1. The SMILES string of the molecule is COc1ccccc1C1c2sc(=O)n(CC(=O)Nc3ccc(Cl)c(Cl)c3)c2SC2C(=O)N(c3ccccc3C(F)(F)F)C(=O)C21. The summed E-state index contributed by atoms with van der Waals surface area (Å²) in [5.74, 6) is -4.01. The number of anilines is 2. The van der Waals surface area contributed by atoms with Crippen LogP contribution >= 0.6 is 46.3 Å². The zero-order valence-corrected chi connectivity index (χ0v) is 26.1. The molecule has 0 aliphatic carbocycles. The van der Waals surface area contributed by atoms with Crippen LogP contribution in [0.5, 0.6) is 5.75 Å². The zero-order valence-electron chi connectivity index (χ0n) is 22.9. The first-order valence-electron chi connectivity index (χ1n) is 13.2. The smallest absolute Gasteiger partial charge is 0.418 e. The molecule has 3 unspecified atom stereocenters. The Labute approximate surface area is 271 Å². The second-order valence-corrected chi connectivity index (χ2v) is 13.0. The number of amides is 3. The number of alkyl halides is 3. The molecule has 1 aromatic heterocycles. The average Bonchev–Trinajstić information content (AvgIpc) is 3.44. The summed E-state index contributed by atoms with van der Waals surface area (Å²) in [6.07, 6.45) is -4.83. The van der Waals surface area contributed by atoms with Crippen LogP contribution in [0, 0.1) is 5.92 Å². The molecule has 4 aromatic rings. The third-order valence-corrected chi connectivity index (χ3v) is 10.8. The number of ether oxygens (including phenoxy) is 1. The second-order valence-electron chi connectivity index (χ2n) is 10.1. The van der Waals surface area contributed by atoms with Gasteiger partial charge in [0.05, 0.1) is 39.3 Å². The summed E-state index contributed by atoms with van der Waals surface area (Å²) in [6, 6.07) is 15.6. The first kappa shape index (κ1) is 31.2. The fraction of sp³-hybridized carbons (Fsp3) is 0.200. The summed E-state index contributed by atoms with van der Waals surface area (Å²) in [7, 11) is 1.42. The molecule has 3 amide bonds. The molecule has 0 saturated carbocycles. The number of para-hydroxylation sites is 2. The van der Waals surface area contributed by atoms with E-state index in [1.807, 2.05) is 0 Å². The van der Waals surface area contributed by atoms with Crippen molar-refractivity contribution in [1.29, 1.82) is 0 Å². The highest BCUT2D eigenvalue weighted by molar-refractivity contribution is 8.00. The van der Waals surface area contributed by atoms with Crippen LogP contribution in [0.25, 0.3) is 0 Å². The number of thiazole rings is 1. The number of methoxy groups -OCH3 is 1. The maximum absolute atomic E-state index is 14.1. The van der Waals surface area contributed by atoms with Gasteiger partial charge in [0.15, 0.2) is 0 Å². The molecule has 45 heavy (non-hydrogen) atoms. The molecule has 0 radical (unpaired) electrons. The van der Waals surface area contributed by atoms with Crippen LogP contribution in [0.4, 0.5) is 24.5 Å². The van der Waals surface area contributed by atoms with Gasteiger partial charge >= 0.3 is 11.0 Å². The molecular weight excluding hydrogens is 674 g/mol. The lowest BCUT2D eigenvalue weighted by Gasteiger charge is -2.31. The molecule has 2 aliphatic heterocycles. The topological polar surface area (TPSA) is 97.7 Å². The van der Waals surface area contributed by atoms with E-state index in [1.165, 1.54) is 42.0 Å². The van der Waals surface area contributed by atoms with Crippen LogP contribution in [0.2, 0.25) is 10.0 Å². The van der Waals surface area contributed by atoms with E-state index < -0.39 is 63.7 Å². The standard InChI is InChI=1S/C30H20Cl2F3N3O5S2/c1-43-20-9-5-2-6-15(20)22-23-24(27(41)38(26(23)40)19-8-4-3-7-16(19)30(33,34)35)44-28-25(22)45-29(42)37(28)13-21(39)36-14-10-11-17(31)18(32)12-14/h2-12,22-24H,13H2,1H3,(H,36,39). The molecule has 1 saturated heterocycles. The van der Waals surface area contributed by atoms with Gasteiger partial charge in [-0.05, 0) is 36.4 Å². The van der Waals surface area contributed by atoms with Gasteiger partial charge in [-0.1, -0.05) is 76.6 Å². The molecule has 3 atom stereocenters. The monoisotopic (exact) mass is 693 g/mol. The summed E-state index contributed by atoms with van der Waals surface area (Å²) < 4.78 is 48.7. The number of fused-ring (bicyclic) bond motifs is 2. The van der Waals surface area contributed by atoms with E-state index in [4.69, 9.17) is 27.9 Å². The lowest BCUT2D eigenvalue weighted by Crippen LogP contribution is -2.33. The molecule has 15 heteroatoms. The summed E-state index contributed by atoms with van der Waals surface area (Å²) >= 11 is 13.7. The van der Waals surface area contributed by atoms with Crippen LogP contribution < -0.4 is 19.8 Å². The highest BCUT2D eigenvalue weighted by Gasteiger charge is 2.58. The van der Waals surface area contributed by atoms with Gasteiger partial charge < -0.3 is 10.1 Å². The molecule has 1 N–H and O–H groups in total. The van der Waals surface area contributed by atoms with Crippen molar-refractivity contribution in [3.63, 3.8) is 0 Å². The quantitative estimate of drug-likeness (QED) is 0.227. The summed E-state index contributed by atoms with van der Waals surface area (Å²) in [6.45, 7) is -0.448. The summed E-state index contributed by atoms with van der Waals surface area (Å²) in [5, 5.41) is 2.22. The molecule has 2 aliphatic rings. The van der Waals surface area contributed by atoms with E-state index in [2.05, 4.69) is 5.32 Å². The van der Waals surface area contributed by atoms with E-state index in [9.17, 15) is 32.3 Å². The van der Waals surface area contributed by atoms with E-state index >= 15 is 0 Å². The Bertz CT molecular complexity index is 1930. The highest BCUT2D eigenvalue weighted by atomic mass is 35.5. The Hall–Kier alpha value is -3.78. The fourth-order valence-corrected chi connectivity index (χ4v) is 8.64. The number of benzene rings is 3. The Morgan fingerprint density at radius 1 is 0.978 bits per heavy atom. The predicted molar refractivity (Wildman–Crippen MR) is 166 cm³/mol. The van der Waals surface area contributed by atoms with Crippen LogP contribution in [0.1, 0.15) is 21.9 Å². The van der Waals surface area contributed by atoms with Crippen molar-refractivity contribution in [2.24, 2.45) is 5.92 Å². The summed E-state index contributed by atoms with van der Waals surface area (Å²) in [4.78, 5) is 54.9. The maximum atomic E-state index is 14.1. The third-order valence-electron chi connectivity index (χ3n) is 7.48. The molecule has 0 spiro atoms. The Morgan fingerprint density at radius 3 is 2.40 bits per heavy atom. The molecule has 3 heterocycles. The number of halogens is 5. The number of rotatable bonds is 6. The third kappa shape index (κ3) is 5.51. The number of aromatic nitrogens is 1. The van der Waals surface area contributed by atoms with Gasteiger partial charge in [0.25, 0.3) is 0 Å². The van der Waals surface area contributed by atoms with Gasteiger partial charge in [0, 0.05) is 22.0 Å². The Morgan fingerprint density at radius 2 is 1.69 bits per heavy atom. The van der Waals surface area contributed by atoms with Gasteiger partial charge in [-0.15, -0.1) is 0 Å². The van der Waals surface area contributed by atoms with Crippen molar-refractivity contribution >= 4 is 75.4 Å². The minimum absolute atomic E-state index is 0.210. The first-order valence-corrected chi connectivity index (χ1v) is 15.7. The number of hydrogen-bond acceptors (Lipinski definition) is 7. The lowest BCUT2D eigenvalue weighted by atomic mass is 9.82. The molecule has 6 rings (SSSR count). The van der Waals surface area contributed by atoms with Gasteiger partial charge in [-0.25, -0.2) is 4.90 Å². The Kier molecular flexibility index (Phi) is 8.23. The van der Waals surface area contributed by atoms with Crippen molar-refractivity contribution in [2.45, 2.75) is 28.9 Å². The lowest BCUT2D eigenvalue weighted by molar-refractivity contribution is -0.137. The number of nitrogens with one attached hydrogen (secondary N) is 1. The number of nitrogens with zero attached hydrogens (tertiary/aromatic N) is 2. The van der Waals surface area contributed by atoms with Crippen molar-refractivity contribution in [3.05, 3.63) is 102 Å². The normalized spacial score (nSPS) is 19.3. The summed E-state index contributed by atoms with van der Waals surface area (Å²) in [5.41, 5.74) is -0.899. The average molecular weight is 695 g/mol. The van der Waals surface area contributed by atoms with Crippen LogP contribution in [-0.2, 0) is 27.1 Å². The van der Waals surface area contributed by atoms with Gasteiger partial charge in [0.2, 0.25) is 17.7 Å². The zero-order chi connectivity index (χ0) is 32.2. The van der Waals surface area contributed by atoms with Crippen molar-refractivity contribution < 1.29 is 32.3 Å². The van der Waals surface area contributed by atoms with Crippen molar-refractivity contribution in [2.75, 3.05) is 17.3 Å².